The molecule has 1 fully saturated rings. The molecule has 0 atom stereocenters. The van der Waals surface area contributed by atoms with Crippen molar-refractivity contribution in [1.29, 1.82) is 0 Å². The summed E-state index contributed by atoms with van der Waals surface area (Å²) in [5, 5.41) is 19.8. The molecule has 1 aromatic heterocycles. The molecule has 10 heteroatoms. The molecule has 0 radical (unpaired) electrons. The van der Waals surface area contributed by atoms with Crippen LogP contribution < -0.4 is 0 Å². The van der Waals surface area contributed by atoms with Gasteiger partial charge in [-0.15, -0.1) is 5.10 Å². The number of tetrazole rings is 1. The van der Waals surface area contributed by atoms with Crippen LogP contribution >= 0.6 is 11.8 Å². The number of thioether (sulfide) groups is 1. The quantitative estimate of drug-likeness (QED) is 0.664. The number of hydrogen-bond donors (Lipinski definition) is 1. The molecule has 1 aliphatic heterocycles. The largest absolute Gasteiger partial charge is 0.480 e. The summed E-state index contributed by atoms with van der Waals surface area (Å²) in [6, 6.07) is 0. The molecule has 1 N–H and O–H groups in total. The normalized spacial score (nSPS) is 16.4. The zero-order valence-corrected chi connectivity index (χ0v) is 11.9. The van der Waals surface area contributed by atoms with E-state index in [2.05, 4.69) is 20.4 Å². The number of nitrogens with zero attached hydrogens (tertiary/aromatic N) is 6. The van der Waals surface area contributed by atoms with Crippen molar-refractivity contribution in [3.05, 3.63) is 0 Å². The zero-order valence-electron chi connectivity index (χ0n) is 11.1. The van der Waals surface area contributed by atoms with E-state index in [9.17, 15) is 9.59 Å². The van der Waals surface area contributed by atoms with Crippen LogP contribution in [0.5, 0.6) is 0 Å². The third-order valence-corrected chi connectivity index (χ3v) is 3.91. The number of likely N-dealkylation sites (N-methyl/N-ethyl adjacent to an activating group) is 1. The van der Waals surface area contributed by atoms with Gasteiger partial charge in [0.1, 0.15) is 6.54 Å². The monoisotopic (exact) mass is 300 g/mol. The SMILES string of the molecule is CN1CCN(C(=O)CSc2nnnn2CC(=O)O)CC1. The first kappa shape index (κ1) is 14.7. The number of piperazine rings is 1. The van der Waals surface area contributed by atoms with Gasteiger partial charge in [-0.05, 0) is 17.5 Å². The van der Waals surface area contributed by atoms with Crippen molar-refractivity contribution >= 4 is 23.6 Å². The summed E-state index contributed by atoms with van der Waals surface area (Å²) < 4.78 is 1.17. The first-order valence-electron chi connectivity index (χ1n) is 6.13. The summed E-state index contributed by atoms with van der Waals surface area (Å²) in [5.74, 6) is -0.790. The van der Waals surface area contributed by atoms with Crippen LogP contribution in [0.2, 0.25) is 0 Å². The number of amides is 1. The van der Waals surface area contributed by atoms with Crippen LogP contribution in [0.25, 0.3) is 0 Å². The minimum atomic E-state index is -1.02. The third-order valence-electron chi connectivity index (χ3n) is 2.96. The second kappa shape index (κ2) is 6.66. The predicted octanol–water partition coefficient (Wildman–Crippen LogP) is -1.38. The van der Waals surface area contributed by atoms with Crippen molar-refractivity contribution in [2.24, 2.45) is 0 Å². The highest BCUT2D eigenvalue weighted by atomic mass is 32.2. The van der Waals surface area contributed by atoms with Crippen molar-refractivity contribution in [3.8, 4) is 0 Å². The van der Waals surface area contributed by atoms with Crippen LogP contribution in [0.15, 0.2) is 5.16 Å². The average molecular weight is 300 g/mol. The van der Waals surface area contributed by atoms with Crippen molar-refractivity contribution in [1.82, 2.24) is 30.0 Å². The van der Waals surface area contributed by atoms with E-state index < -0.39 is 5.97 Å². The summed E-state index contributed by atoms with van der Waals surface area (Å²) in [4.78, 5) is 26.6. The van der Waals surface area contributed by atoms with E-state index in [1.807, 2.05) is 7.05 Å². The summed E-state index contributed by atoms with van der Waals surface area (Å²) in [6.07, 6.45) is 0. The Morgan fingerprint density at radius 1 is 1.30 bits per heavy atom. The number of aliphatic carboxylic acids is 1. The number of hydrogen-bond acceptors (Lipinski definition) is 7. The number of carboxylic acids is 1. The molecule has 1 aromatic rings. The second-order valence-electron chi connectivity index (χ2n) is 4.49. The van der Waals surface area contributed by atoms with E-state index in [1.54, 1.807) is 4.90 Å². The number of carboxylic acid groups (broad SMARTS) is 1. The highest BCUT2D eigenvalue weighted by Gasteiger charge is 2.20. The van der Waals surface area contributed by atoms with Gasteiger partial charge in [-0.25, -0.2) is 4.68 Å². The Bertz CT molecular complexity index is 485. The molecule has 9 nitrogen and oxygen atoms in total. The summed E-state index contributed by atoms with van der Waals surface area (Å²) >= 11 is 1.16. The fourth-order valence-electron chi connectivity index (χ4n) is 1.80. The van der Waals surface area contributed by atoms with E-state index in [1.165, 1.54) is 4.68 Å². The summed E-state index contributed by atoms with van der Waals surface area (Å²) in [7, 11) is 2.02. The van der Waals surface area contributed by atoms with Crippen LogP contribution in [-0.2, 0) is 16.1 Å². The molecule has 0 aliphatic carbocycles. The molecule has 20 heavy (non-hydrogen) atoms. The molecule has 2 rings (SSSR count). The molecule has 1 saturated heterocycles. The molecule has 1 amide bonds. The van der Waals surface area contributed by atoms with Gasteiger partial charge in [-0.2, -0.15) is 0 Å². The molecule has 0 aromatic carbocycles. The Balaban J connectivity index is 1.84. The lowest BCUT2D eigenvalue weighted by Gasteiger charge is -2.32. The van der Waals surface area contributed by atoms with Gasteiger partial charge in [0, 0.05) is 26.2 Å². The van der Waals surface area contributed by atoms with Gasteiger partial charge in [-0.3, -0.25) is 9.59 Å². The van der Waals surface area contributed by atoms with Crippen LogP contribution in [0, 0.1) is 0 Å². The van der Waals surface area contributed by atoms with Gasteiger partial charge in [0.15, 0.2) is 0 Å². The zero-order chi connectivity index (χ0) is 14.5. The molecule has 0 saturated carbocycles. The molecule has 1 aliphatic rings. The molecule has 2 heterocycles. The number of aromatic nitrogens is 4. The molecular formula is C10H16N6O3S. The van der Waals surface area contributed by atoms with Crippen LogP contribution in [-0.4, -0.2) is 86.0 Å². The number of carbonyl (C=O) groups excluding carboxylic acids is 1. The first-order chi connectivity index (χ1) is 9.56. The lowest BCUT2D eigenvalue weighted by atomic mass is 10.3. The van der Waals surface area contributed by atoms with Gasteiger partial charge in [-0.1, -0.05) is 11.8 Å². The predicted molar refractivity (Wildman–Crippen MR) is 70.3 cm³/mol. The van der Waals surface area contributed by atoms with Gasteiger partial charge in [0.2, 0.25) is 11.1 Å². The molecule has 0 spiro atoms. The first-order valence-corrected chi connectivity index (χ1v) is 7.12. The average Bonchev–Trinajstić information content (AvgIpc) is 2.83. The Morgan fingerprint density at radius 3 is 2.65 bits per heavy atom. The lowest BCUT2D eigenvalue weighted by molar-refractivity contribution is -0.138. The standard InChI is InChI=1S/C10H16N6O3S/c1-14-2-4-15(5-3-14)8(17)7-20-10-11-12-13-16(10)6-9(18)19/h2-7H2,1H3,(H,18,19). The Labute approximate surface area is 119 Å². The van der Waals surface area contributed by atoms with E-state index in [0.29, 0.717) is 5.16 Å². The summed E-state index contributed by atoms with van der Waals surface area (Å²) in [6.45, 7) is 2.87. The fourth-order valence-corrected chi connectivity index (χ4v) is 2.58. The Hall–Kier alpha value is -1.68. The Morgan fingerprint density at radius 2 is 2.00 bits per heavy atom. The van der Waals surface area contributed by atoms with Crippen molar-refractivity contribution in [3.63, 3.8) is 0 Å². The maximum atomic E-state index is 12.0. The highest BCUT2D eigenvalue weighted by Crippen LogP contribution is 2.14. The smallest absolute Gasteiger partial charge is 0.325 e. The molecule has 0 unspecified atom stereocenters. The van der Waals surface area contributed by atoms with E-state index in [4.69, 9.17) is 5.11 Å². The van der Waals surface area contributed by atoms with E-state index >= 15 is 0 Å². The van der Waals surface area contributed by atoms with Gasteiger partial charge >= 0.3 is 5.97 Å². The van der Waals surface area contributed by atoms with Crippen molar-refractivity contribution in [2.45, 2.75) is 11.7 Å². The third kappa shape index (κ3) is 3.90. The van der Waals surface area contributed by atoms with Gasteiger partial charge in [0.05, 0.1) is 5.75 Å². The topological polar surface area (TPSA) is 104 Å². The number of carbonyl (C=O) groups is 2. The minimum Gasteiger partial charge on any atom is -0.480 e. The second-order valence-corrected chi connectivity index (χ2v) is 5.43. The maximum absolute atomic E-state index is 12.0. The Kier molecular flexibility index (Phi) is 4.90. The van der Waals surface area contributed by atoms with Gasteiger partial charge < -0.3 is 14.9 Å². The lowest BCUT2D eigenvalue weighted by Crippen LogP contribution is -2.47. The fraction of sp³-hybridized carbons (Fsp3) is 0.700. The maximum Gasteiger partial charge on any atom is 0.325 e. The molecule has 110 valence electrons. The van der Waals surface area contributed by atoms with Gasteiger partial charge in [0.25, 0.3) is 0 Å². The van der Waals surface area contributed by atoms with Crippen LogP contribution in [0.3, 0.4) is 0 Å². The van der Waals surface area contributed by atoms with Crippen molar-refractivity contribution in [2.75, 3.05) is 39.0 Å². The number of rotatable bonds is 5. The molecular weight excluding hydrogens is 284 g/mol. The van der Waals surface area contributed by atoms with Crippen LogP contribution in [0.1, 0.15) is 0 Å². The molecule has 0 bridgehead atoms. The summed E-state index contributed by atoms with van der Waals surface area (Å²) in [5.41, 5.74) is 0. The van der Waals surface area contributed by atoms with Crippen molar-refractivity contribution < 1.29 is 14.7 Å². The van der Waals surface area contributed by atoms with E-state index in [-0.39, 0.29) is 18.2 Å². The van der Waals surface area contributed by atoms with Crippen LogP contribution in [0.4, 0.5) is 0 Å². The highest BCUT2D eigenvalue weighted by molar-refractivity contribution is 7.99. The van der Waals surface area contributed by atoms with E-state index in [0.717, 1.165) is 37.9 Å². The minimum absolute atomic E-state index is 0.0213.